The van der Waals surface area contributed by atoms with Gasteiger partial charge in [-0.2, -0.15) is 4.98 Å². The summed E-state index contributed by atoms with van der Waals surface area (Å²) in [5, 5.41) is 4.29. The van der Waals surface area contributed by atoms with Gasteiger partial charge in [-0.25, -0.2) is 8.42 Å². The largest absolute Gasteiger partial charge is 0.449 e. The zero-order valence-electron chi connectivity index (χ0n) is 11.5. The second-order valence-electron chi connectivity index (χ2n) is 4.30. The molecule has 1 heterocycles. The van der Waals surface area contributed by atoms with Crippen LogP contribution >= 0.6 is 11.6 Å². The van der Waals surface area contributed by atoms with Crippen molar-refractivity contribution in [1.29, 1.82) is 0 Å². The number of aromatic nitrogens is 2. The predicted molar refractivity (Wildman–Crippen MR) is 79.2 cm³/mol. The highest BCUT2D eigenvalue weighted by molar-refractivity contribution is 7.91. The highest BCUT2D eigenvalue weighted by Gasteiger charge is 2.12. The summed E-state index contributed by atoms with van der Waals surface area (Å²) >= 11 is 6.03. The van der Waals surface area contributed by atoms with E-state index in [9.17, 15) is 8.42 Å². The molecule has 0 N–H and O–H groups in total. The first-order valence-corrected chi connectivity index (χ1v) is 8.63. The molecule has 0 bridgehead atoms. The van der Waals surface area contributed by atoms with E-state index >= 15 is 0 Å². The predicted octanol–water partition coefficient (Wildman–Crippen LogP) is 2.59. The van der Waals surface area contributed by atoms with Crippen molar-refractivity contribution >= 4 is 21.4 Å². The summed E-state index contributed by atoms with van der Waals surface area (Å²) in [4.78, 5) is 4.06. The van der Waals surface area contributed by atoms with Gasteiger partial charge in [0.05, 0.1) is 17.4 Å². The standard InChI is InChI=1S/C13H15ClN2O4S/c1-2-21(17,18)9-5-8-19-13-15-12(16-20-13)10-6-3-4-7-11(10)14/h3-4,6-7H,2,5,8-9H2,1H3. The van der Waals surface area contributed by atoms with Crippen molar-refractivity contribution in [2.45, 2.75) is 13.3 Å². The molecule has 0 radical (unpaired) electrons. The number of ether oxygens (including phenoxy) is 1. The third-order valence-electron chi connectivity index (χ3n) is 2.79. The number of sulfone groups is 1. The van der Waals surface area contributed by atoms with Crippen LogP contribution < -0.4 is 4.74 Å². The third kappa shape index (κ3) is 4.44. The number of halogens is 1. The molecular weight excluding hydrogens is 316 g/mol. The highest BCUT2D eigenvalue weighted by atomic mass is 35.5. The van der Waals surface area contributed by atoms with Gasteiger partial charge < -0.3 is 4.74 Å². The zero-order chi connectivity index (χ0) is 15.3. The minimum atomic E-state index is -2.98. The monoisotopic (exact) mass is 330 g/mol. The van der Waals surface area contributed by atoms with Crippen LogP contribution in [0, 0.1) is 0 Å². The van der Waals surface area contributed by atoms with Gasteiger partial charge in [-0.1, -0.05) is 35.8 Å². The highest BCUT2D eigenvalue weighted by Crippen LogP contribution is 2.26. The van der Waals surface area contributed by atoms with Crippen molar-refractivity contribution < 1.29 is 17.7 Å². The lowest BCUT2D eigenvalue weighted by molar-refractivity contribution is 0.205. The summed E-state index contributed by atoms with van der Waals surface area (Å²) in [6, 6.07) is 7.11. The second-order valence-corrected chi connectivity index (χ2v) is 7.18. The molecule has 0 aliphatic carbocycles. The Morgan fingerprint density at radius 1 is 1.33 bits per heavy atom. The van der Waals surface area contributed by atoms with Crippen molar-refractivity contribution in [3.05, 3.63) is 29.3 Å². The Bertz CT molecular complexity index is 700. The molecule has 0 unspecified atom stereocenters. The molecular formula is C13H15ClN2O4S. The number of benzene rings is 1. The molecule has 0 saturated carbocycles. The van der Waals surface area contributed by atoms with E-state index in [0.717, 1.165) is 0 Å². The number of nitrogens with zero attached hydrogens (tertiary/aromatic N) is 2. The summed E-state index contributed by atoms with van der Waals surface area (Å²) < 4.78 is 32.8. The molecule has 2 aromatic rings. The molecule has 0 aliphatic heterocycles. The lowest BCUT2D eigenvalue weighted by Gasteiger charge is -2.01. The normalized spacial score (nSPS) is 11.5. The Labute approximate surface area is 128 Å². The quantitative estimate of drug-likeness (QED) is 0.726. The van der Waals surface area contributed by atoms with Gasteiger partial charge in [-0.05, 0) is 18.6 Å². The molecule has 0 atom stereocenters. The molecule has 8 heteroatoms. The Balaban J connectivity index is 1.91. The van der Waals surface area contributed by atoms with E-state index in [0.29, 0.717) is 22.8 Å². The number of hydrogen-bond donors (Lipinski definition) is 0. The molecule has 21 heavy (non-hydrogen) atoms. The lowest BCUT2D eigenvalue weighted by atomic mass is 10.2. The molecule has 1 aromatic heterocycles. The van der Waals surface area contributed by atoms with Gasteiger partial charge >= 0.3 is 6.08 Å². The smallest absolute Gasteiger partial charge is 0.417 e. The van der Waals surface area contributed by atoms with Crippen molar-refractivity contribution in [2.24, 2.45) is 0 Å². The van der Waals surface area contributed by atoms with Crippen molar-refractivity contribution in [2.75, 3.05) is 18.1 Å². The van der Waals surface area contributed by atoms with Crippen LogP contribution in [0.5, 0.6) is 6.08 Å². The van der Waals surface area contributed by atoms with Crippen molar-refractivity contribution in [3.63, 3.8) is 0 Å². The minimum absolute atomic E-state index is 0.00110. The molecule has 0 spiro atoms. The van der Waals surface area contributed by atoms with E-state index in [1.807, 2.05) is 6.07 Å². The topological polar surface area (TPSA) is 82.3 Å². The van der Waals surface area contributed by atoms with E-state index in [1.54, 1.807) is 25.1 Å². The molecule has 114 valence electrons. The first kappa shape index (κ1) is 15.8. The lowest BCUT2D eigenvalue weighted by Crippen LogP contribution is -2.11. The molecule has 0 fully saturated rings. The Kier molecular flexibility index (Phi) is 5.19. The van der Waals surface area contributed by atoms with Crippen molar-refractivity contribution in [3.8, 4) is 17.5 Å². The maximum Gasteiger partial charge on any atom is 0.417 e. The molecule has 0 amide bonds. The minimum Gasteiger partial charge on any atom is -0.449 e. The fourth-order valence-corrected chi connectivity index (χ4v) is 2.67. The number of hydrogen-bond acceptors (Lipinski definition) is 6. The van der Waals surface area contributed by atoms with Crippen LogP contribution in [0.4, 0.5) is 0 Å². The van der Waals surface area contributed by atoms with Crippen LogP contribution in [-0.2, 0) is 9.84 Å². The Morgan fingerprint density at radius 2 is 2.10 bits per heavy atom. The molecule has 1 aromatic carbocycles. The average molecular weight is 331 g/mol. The first-order valence-electron chi connectivity index (χ1n) is 6.43. The maximum absolute atomic E-state index is 11.3. The van der Waals surface area contributed by atoms with Crippen LogP contribution in [0.1, 0.15) is 13.3 Å². The fraction of sp³-hybridized carbons (Fsp3) is 0.385. The van der Waals surface area contributed by atoms with Gasteiger partial charge in [0.15, 0.2) is 0 Å². The van der Waals surface area contributed by atoms with Crippen LogP contribution in [0.3, 0.4) is 0 Å². The maximum atomic E-state index is 11.3. The summed E-state index contributed by atoms with van der Waals surface area (Å²) in [7, 11) is -2.98. The van der Waals surface area contributed by atoms with Crippen LogP contribution in [0.15, 0.2) is 28.8 Å². The van der Waals surface area contributed by atoms with Crippen LogP contribution in [0.25, 0.3) is 11.4 Å². The zero-order valence-corrected chi connectivity index (χ0v) is 13.0. The summed E-state index contributed by atoms with van der Waals surface area (Å²) in [5.74, 6) is 0.538. The molecule has 0 aliphatic rings. The van der Waals surface area contributed by atoms with Crippen LogP contribution in [-0.4, -0.2) is 36.7 Å². The third-order valence-corrected chi connectivity index (χ3v) is 4.91. The van der Waals surface area contributed by atoms with E-state index < -0.39 is 9.84 Å². The molecule has 2 rings (SSSR count). The van der Waals surface area contributed by atoms with Gasteiger partial charge in [-0.15, -0.1) is 0 Å². The Morgan fingerprint density at radius 3 is 2.81 bits per heavy atom. The average Bonchev–Trinajstić information content (AvgIpc) is 2.93. The van der Waals surface area contributed by atoms with E-state index in [-0.39, 0.29) is 24.2 Å². The van der Waals surface area contributed by atoms with Gasteiger partial charge in [0, 0.05) is 11.3 Å². The van der Waals surface area contributed by atoms with Crippen molar-refractivity contribution in [1.82, 2.24) is 10.1 Å². The summed E-state index contributed by atoms with van der Waals surface area (Å²) in [6.07, 6.45) is 0.374. The van der Waals surface area contributed by atoms with E-state index in [4.69, 9.17) is 20.9 Å². The fourth-order valence-electron chi connectivity index (χ4n) is 1.60. The Hall–Kier alpha value is -1.60. The SMILES string of the molecule is CCS(=O)(=O)CCCOc1nc(-c2ccccc2Cl)no1. The van der Waals surface area contributed by atoms with Gasteiger partial charge in [0.25, 0.3) is 0 Å². The van der Waals surface area contributed by atoms with Gasteiger partial charge in [0.1, 0.15) is 9.84 Å². The van der Waals surface area contributed by atoms with Crippen LogP contribution in [0.2, 0.25) is 5.02 Å². The second kappa shape index (κ2) is 6.91. The molecule has 0 saturated heterocycles. The number of rotatable bonds is 7. The summed E-state index contributed by atoms with van der Waals surface area (Å²) in [5.41, 5.74) is 0.645. The van der Waals surface area contributed by atoms with Gasteiger partial charge in [-0.3, -0.25) is 4.52 Å². The molecule has 6 nitrogen and oxygen atoms in total. The van der Waals surface area contributed by atoms with E-state index in [1.165, 1.54) is 0 Å². The summed E-state index contributed by atoms with van der Waals surface area (Å²) in [6.45, 7) is 1.81. The van der Waals surface area contributed by atoms with Gasteiger partial charge in [0.2, 0.25) is 5.82 Å². The van der Waals surface area contributed by atoms with E-state index in [2.05, 4.69) is 10.1 Å². The first-order chi connectivity index (χ1) is 10.0.